The van der Waals surface area contributed by atoms with E-state index in [2.05, 4.69) is 10.4 Å². The molecule has 0 saturated heterocycles. The molecule has 1 heterocycles. The van der Waals surface area contributed by atoms with E-state index in [0.29, 0.717) is 23.1 Å². The van der Waals surface area contributed by atoms with Crippen LogP contribution in [0.4, 0.5) is 5.82 Å². The van der Waals surface area contributed by atoms with Gasteiger partial charge < -0.3 is 10.4 Å². The summed E-state index contributed by atoms with van der Waals surface area (Å²) in [6, 6.07) is 5.43. The van der Waals surface area contributed by atoms with Gasteiger partial charge in [0.2, 0.25) is 0 Å². The normalized spacial score (nSPS) is 10.8. The fraction of sp³-hybridized carbons (Fsp3) is 0.357. The van der Waals surface area contributed by atoms with E-state index in [-0.39, 0.29) is 6.61 Å². The van der Waals surface area contributed by atoms with Crippen molar-refractivity contribution in [1.29, 1.82) is 0 Å². The lowest BCUT2D eigenvalue weighted by atomic mass is 10.2. The second-order valence-electron chi connectivity index (χ2n) is 4.60. The smallest absolute Gasteiger partial charge is 0.127 e. The van der Waals surface area contributed by atoms with E-state index in [1.54, 1.807) is 10.7 Å². The molecule has 0 spiro atoms. The van der Waals surface area contributed by atoms with E-state index in [1.807, 2.05) is 26.0 Å². The number of halogens is 2. The summed E-state index contributed by atoms with van der Waals surface area (Å²) in [6.07, 6.45) is 0. The van der Waals surface area contributed by atoms with Gasteiger partial charge in [0.25, 0.3) is 0 Å². The monoisotopic (exact) mass is 313 g/mol. The molecule has 1 aromatic carbocycles. The largest absolute Gasteiger partial charge is 0.394 e. The van der Waals surface area contributed by atoms with Gasteiger partial charge in [-0.1, -0.05) is 29.3 Å². The first-order valence-corrected chi connectivity index (χ1v) is 7.11. The number of aryl methyl sites for hydroxylation is 1. The average molecular weight is 314 g/mol. The molecule has 6 heteroatoms. The molecule has 1 aromatic heterocycles. The number of rotatable bonds is 5. The molecule has 20 heavy (non-hydrogen) atoms. The lowest BCUT2D eigenvalue weighted by Gasteiger charge is -2.11. The first-order chi connectivity index (χ1) is 9.52. The lowest BCUT2D eigenvalue weighted by Crippen LogP contribution is -2.11. The molecule has 0 radical (unpaired) electrons. The Bertz CT molecular complexity index is 611. The zero-order valence-corrected chi connectivity index (χ0v) is 13.0. The standard InChI is InChI=1S/C14H17Cl2N3O/c1-9-10(2)18-19(5-6-20)14(9)17-8-11-3-4-12(15)7-13(11)16/h3-4,7,17,20H,5-6,8H2,1-2H3. The van der Waals surface area contributed by atoms with Crippen molar-refractivity contribution >= 4 is 29.0 Å². The summed E-state index contributed by atoms with van der Waals surface area (Å²) in [5.41, 5.74) is 2.98. The molecule has 0 saturated carbocycles. The van der Waals surface area contributed by atoms with Gasteiger partial charge in [-0.05, 0) is 31.5 Å². The van der Waals surface area contributed by atoms with Gasteiger partial charge in [0.05, 0.1) is 18.8 Å². The van der Waals surface area contributed by atoms with Crippen LogP contribution in [0.15, 0.2) is 18.2 Å². The van der Waals surface area contributed by atoms with E-state index < -0.39 is 0 Å². The number of anilines is 1. The molecule has 0 aliphatic heterocycles. The topological polar surface area (TPSA) is 50.1 Å². The molecule has 2 aromatic rings. The highest BCUT2D eigenvalue weighted by Crippen LogP contribution is 2.23. The number of aromatic nitrogens is 2. The summed E-state index contributed by atoms with van der Waals surface area (Å²) in [4.78, 5) is 0. The number of nitrogens with zero attached hydrogens (tertiary/aromatic N) is 2. The Morgan fingerprint density at radius 3 is 2.70 bits per heavy atom. The van der Waals surface area contributed by atoms with Crippen LogP contribution in [-0.2, 0) is 13.1 Å². The number of aliphatic hydroxyl groups is 1. The van der Waals surface area contributed by atoms with Crippen molar-refractivity contribution in [1.82, 2.24) is 9.78 Å². The molecular weight excluding hydrogens is 297 g/mol. The van der Waals surface area contributed by atoms with Gasteiger partial charge in [0, 0.05) is 22.2 Å². The van der Waals surface area contributed by atoms with Crippen LogP contribution in [0, 0.1) is 13.8 Å². The minimum absolute atomic E-state index is 0.0525. The number of aliphatic hydroxyl groups excluding tert-OH is 1. The second-order valence-corrected chi connectivity index (χ2v) is 5.44. The Morgan fingerprint density at radius 2 is 2.05 bits per heavy atom. The van der Waals surface area contributed by atoms with Crippen molar-refractivity contribution in [2.45, 2.75) is 26.9 Å². The van der Waals surface area contributed by atoms with E-state index >= 15 is 0 Å². The molecule has 0 atom stereocenters. The lowest BCUT2D eigenvalue weighted by molar-refractivity contribution is 0.270. The molecule has 4 nitrogen and oxygen atoms in total. The van der Waals surface area contributed by atoms with Crippen molar-refractivity contribution in [3.05, 3.63) is 45.1 Å². The Morgan fingerprint density at radius 1 is 1.30 bits per heavy atom. The van der Waals surface area contributed by atoms with Gasteiger partial charge in [0.1, 0.15) is 5.82 Å². The van der Waals surface area contributed by atoms with Gasteiger partial charge in [0.15, 0.2) is 0 Å². The maximum Gasteiger partial charge on any atom is 0.127 e. The predicted molar refractivity (Wildman–Crippen MR) is 82.6 cm³/mol. The fourth-order valence-corrected chi connectivity index (χ4v) is 2.47. The molecule has 0 fully saturated rings. The Balaban J connectivity index is 2.18. The van der Waals surface area contributed by atoms with Crippen molar-refractivity contribution in [2.75, 3.05) is 11.9 Å². The Hall–Kier alpha value is -1.23. The van der Waals surface area contributed by atoms with Crippen LogP contribution in [0.25, 0.3) is 0 Å². The van der Waals surface area contributed by atoms with Gasteiger partial charge >= 0.3 is 0 Å². The number of nitrogens with one attached hydrogen (secondary N) is 1. The molecule has 0 aliphatic rings. The highest BCUT2D eigenvalue weighted by atomic mass is 35.5. The zero-order valence-electron chi connectivity index (χ0n) is 11.5. The van der Waals surface area contributed by atoms with E-state index in [4.69, 9.17) is 28.3 Å². The van der Waals surface area contributed by atoms with Crippen molar-refractivity contribution in [3.8, 4) is 0 Å². The third-order valence-corrected chi connectivity index (χ3v) is 3.79. The maximum atomic E-state index is 9.08. The highest BCUT2D eigenvalue weighted by molar-refractivity contribution is 6.35. The second kappa shape index (κ2) is 6.48. The quantitative estimate of drug-likeness (QED) is 0.889. The summed E-state index contributed by atoms with van der Waals surface area (Å²) in [6.45, 7) is 5.04. The van der Waals surface area contributed by atoms with Gasteiger partial charge in [-0.25, -0.2) is 4.68 Å². The fourth-order valence-electron chi connectivity index (χ4n) is 2.00. The van der Waals surface area contributed by atoms with Gasteiger partial charge in [-0.15, -0.1) is 0 Å². The van der Waals surface area contributed by atoms with Crippen LogP contribution in [0.5, 0.6) is 0 Å². The van der Waals surface area contributed by atoms with Crippen molar-refractivity contribution < 1.29 is 5.11 Å². The Kier molecular flexibility index (Phi) is 4.91. The number of hydrogen-bond acceptors (Lipinski definition) is 3. The summed E-state index contributed by atoms with van der Waals surface area (Å²) < 4.78 is 1.77. The van der Waals surface area contributed by atoms with Crippen LogP contribution in [-0.4, -0.2) is 21.5 Å². The number of hydrogen-bond donors (Lipinski definition) is 2. The molecular formula is C14H17Cl2N3O. The van der Waals surface area contributed by atoms with Gasteiger partial charge in [-0.3, -0.25) is 0 Å². The summed E-state index contributed by atoms with van der Waals surface area (Å²) in [7, 11) is 0. The maximum absolute atomic E-state index is 9.08. The number of benzene rings is 1. The van der Waals surface area contributed by atoms with Crippen LogP contribution in [0.2, 0.25) is 10.0 Å². The highest BCUT2D eigenvalue weighted by Gasteiger charge is 2.11. The third-order valence-electron chi connectivity index (χ3n) is 3.20. The summed E-state index contributed by atoms with van der Waals surface area (Å²) in [5, 5.41) is 18.0. The van der Waals surface area contributed by atoms with Crippen LogP contribution in [0.3, 0.4) is 0 Å². The van der Waals surface area contributed by atoms with Crippen LogP contribution in [0.1, 0.15) is 16.8 Å². The van der Waals surface area contributed by atoms with Crippen molar-refractivity contribution in [2.24, 2.45) is 0 Å². The average Bonchev–Trinajstić information content (AvgIpc) is 2.65. The molecule has 0 unspecified atom stereocenters. The molecule has 0 bridgehead atoms. The third kappa shape index (κ3) is 3.26. The van der Waals surface area contributed by atoms with Crippen LogP contribution >= 0.6 is 23.2 Å². The summed E-state index contributed by atoms with van der Waals surface area (Å²) in [5.74, 6) is 0.905. The minimum Gasteiger partial charge on any atom is -0.394 e. The zero-order chi connectivity index (χ0) is 14.7. The minimum atomic E-state index is 0.0525. The predicted octanol–water partition coefficient (Wildman–Crippen LogP) is 3.41. The van der Waals surface area contributed by atoms with E-state index in [1.165, 1.54) is 0 Å². The molecule has 108 valence electrons. The first-order valence-electron chi connectivity index (χ1n) is 6.35. The van der Waals surface area contributed by atoms with E-state index in [9.17, 15) is 0 Å². The molecule has 0 aliphatic carbocycles. The summed E-state index contributed by atoms with van der Waals surface area (Å²) >= 11 is 12.0. The van der Waals surface area contributed by atoms with Crippen molar-refractivity contribution in [3.63, 3.8) is 0 Å². The van der Waals surface area contributed by atoms with E-state index in [0.717, 1.165) is 22.6 Å². The Labute approximate surface area is 128 Å². The molecule has 0 amide bonds. The first kappa shape index (κ1) is 15.2. The SMILES string of the molecule is Cc1nn(CCO)c(NCc2ccc(Cl)cc2Cl)c1C. The molecule has 2 rings (SSSR count). The van der Waals surface area contributed by atoms with Gasteiger partial charge in [-0.2, -0.15) is 5.10 Å². The molecule has 2 N–H and O–H groups in total. The van der Waals surface area contributed by atoms with Crippen LogP contribution < -0.4 is 5.32 Å².